The van der Waals surface area contributed by atoms with Crippen LogP contribution in [-0.4, -0.2) is 25.8 Å². The third kappa shape index (κ3) is 3.94. The predicted molar refractivity (Wildman–Crippen MR) is 57.4 cm³/mol. The molecule has 0 atom stereocenters. The molecule has 0 fully saturated rings. The molecule has 15 heavy (non-hydrogen) atoms. The van der Waals surface area contributed by atoms with Gasteiger partial charge >= 0.3 is 5.82 Å². The van der Waals surface area contributed by atoms with Crippen LogP contribution in [0.25, 0.3) is 6.08 Å². The van der Waals surface area contributed by atoms with Gasteiger partial charge in [0.15, 0.2) is 5.12 Å². The summed E-state index contributed by atoms with van der Waals surface area (Å²) in [5.74, 6) is 0.795. The highest BCUT2D eigenvalue weighted by molar-refractivity contribution is 8.13. The zero-order valence-corrected chi connectivity index (χ0v) is 8.78. The standard InChI is InChI=1S/C8H9N3O3S/c1-6(12)15-4-2-3-7-9-5-8(10-7)11(13)14/h2-3,5H,4H2,1H3,(H,9,10). The molecule has 80 valence electrons. The third-order valence-corrected chi connectivity index (χ3v) is 2.20. The van der Waals surface area contributed by atoms with Crippen LogP contribution in [0.4, 0.5) is 5.82 Å². The second kappa shape index (κ2) is 5.30. The summed E-state index contributed by atoms with van der Waals surface area (Å²) in [6.45, 7) is 1.48. The maximum Gasteiger partial charge on any atom is 0.340 e. The Labute approximate surface area is 89.9 Å². The first kappa shape index (κ1) is 11.4. The highest BCUT2D eigenvalue weighted by Crippen LogP contribution is 2.08. The molecule has 7 heteroatoms. The summed E-state index contributed by atoms with van der Waals surface area (Å²) in [6, 6.07) is 0. The Hall–Kier alpha value is -1.63. The molecule has 0 unspecified atom stereocenters. The van der Waals surface area contributed by atoms with Crippen LogP contribution in [0.15, 0.2) is 12.3 Å². The van der Waals surface area contributed by atoms with E-state index in [1.54, 1.807) is 12.2 Å². The van der Waals surface area contributed by atoms with Gasteiger partial charge in [-0.1, -0.05) is 17.8 Å². The van der Waals surface area contributed by atoms with Gasteiger partial charge in [-0.05, 0) is 4.92 Å². The van der Waals surface area contributed by atoms with E-state index in [0.717, 1.165) is 18.0 Å². The predicted octanol–water partition coefficient (Wildman–Crippen LogP) is 1.61. The summed E-state index contributed by atoms with van der Waals surface area (Å²) >= 11 is 1.16. The molecule has 0 amide bonds. The van der Waals surface area contributed by atoms with Gasteiger partial charge in [-0.3, -0.25) is 4.79 Å². The Morgan fingerprint density at radius 2 is 2.53 bits per heavy atom. The maximum absolute atomic E-state index is 10.6. The number of hydrogen-bond acceptors (Lipinski definition) is 5. The van der Waals surface area contributed by atoms with Gasteiger partial charge < -0.3 is 10.1 Å². The van der Waals surface area contributed by atoms with Crippen molar-refractivity contribution in [1.82, 2.24) is 9.97 Å². The van der Waals surface area contributed by atoms with E-state index in [0.29, 0.717) is 11.6 Å². The van der Waals surface area contributed by atoms with E-state index in [-0.39, 0.29) is 10.9 Å². The van der Waals surface area contributed by atoms with Gasteiger partial charge in [-0.2, -0.15) is 0 Å². The molecule has 0 spiro atoms. The number of aromatic nitrogens is 2. The highest BCUT2D eigenvalue weighted by atomic mass is 32.2. The number of aromatic amines is 1. The third-order valence-electron chi connectivity index (χ3n) is 1.44. The topological polar surface area (TPSA) is 88.9 Å². The molecule has 1 rings (SSSR count). The van der Waals surface area contributed by atoms with Crippen LogP contribution < -0.4 is 0 Å². The number of nitro groups is 1. The number of rotatable bonds is 4. The van der Waals surface area contributed by atoms with Crippen LogP contribution in [0.1, 0.15) is 12.7 Å². The first-order valence-corrected chi connectivity index (χ1v) is 5.07. The number of nitrogens with zero attached hydrogens (tertiary/aromatic N) is 2. The van der Waals surface area contributed by atoms with Crippen molar-refractivity contribution < 1.29 is 9.72 Å². The Kier molecular flexibility index (Phi) is 4.04. The number of carbonyl (C=O) groups is 1. The maximum atomic E-state index is 10.6. The van der Waals surface area contributed by atoms with Crippen LogP contribution in [0.5, 0.6) is 0 Å². The molecular formula is C8H9N3O3S. The van der Waals surface area contributed by atoms with E-state index in [2.05, 4.69) is 9.97 Å². The van der Waals surface area contributed by atoms with Gasteiger partial charge in [0.25, 0.3) is 0 Å². The van der Waals surface area contributed by atoms with E-state index in [9.17, 15) is 14.9 Å². The molecule has 1 aromatic heterocycles. The highest BCUT2D eigenvalue weighted by Gasteiger charge is 2.06. The van der Waals surface area contributed by atoms with Gasteiger partial charge in [-0.25, -0.2) is 9.97 Å². The van der Waals surface area contributed by atoms with Crippen molar-refractivity contribution >= 4 is 28.8 Å². The largest absolute Gasteiger partial charge is 0.358 e. The molecule has 1 heterocycles. The first-order valence-electron chi connectivity index (χ1n) is 4.09. The minimum Gasteiger partial charge on any atom is -0.358 e. The quantitative estimate of drug-likeness (QED) is 0.623. The van der Waals surface area contributed by atoms with E-state index < -0.39 is 4.92 Å². The van der Waals surface area contributed by atoms with Crippen molar-refractivity contribution in [3.05, 3.63) is 28.2 Å². The molecular weight excluding hydrogens is 218 g/mol. The van der Waals surface area contributed by atoms with Crippen molar-refractivity contribution in [3.63, 3.8) is 0 Å². The smallest absolute Gasteiger partial charge is 0.340 e. The number of thioether (sulfide) groups is 1. The van der Waals surface area contributed by atoms with E-state index in [4.69, 9.17) is 0 Å². The molecule has 0 radical (unpaired) electrons. The summed E-state index contributed by atoms with van der Waals surface area (Å²) < 4.78 is 0. The van der Waals surface area contributed by atoms with Crippen molar-refractivity contribution in [3.8, 4) is 0 Å². The number of imidazole rings is 1. The zero-order chi connectivity index (χ0) is 11.3. The van der Waals surface area contributed by atoms with E-state index >= 15 is 0 Å². The van der Waals surface area contributed by atoms with E-state index in [1.165, 1.54) is 6.92 Å². The minimum absolute atomic E-state index is 0.0325. The molecule has 0 aliphatic carbocycles. The fourth-order valence-electron chi connectivity index (χ4n) is 0.829. The number of H-pyrrole nitrogens is 1. The lowest BCUT2D eigenvalue weighted by Gasteiger charge is -1.86. The lowest BCUT2D eigenvalue weighted by molar-refractivity contribution is -0.389. The molecule has 0 bridgehead atoms. The lowest BCUT2D eigenvalue weighted by Crippen LogP contribution is -1.86. The number of carbonyl (C=O) groups excluding carboxylic acids is 1. The molecule has 6 nitrogen and oxygen atoms in total. The van der Waals surface area contributed by atoms with Crippen molar-refractivity contribution in [2.75, 3.05) is 5.75 Å². The van der Waals surface area contributed by atoms with Gasteiger partial charge in [-0.15, -0.1) is 0 Å². The normalized spacial score (nSPS) is 10.7. The minimum atomic E-state index is -0.547. The monoisotopic (exact) mass is 227 g/mol. The van der Waals surface area contributed by atoms with Crippen LogP contribution in [0.3, 0.4) is 0 Å². The first-order chi connectivity index (χ1) is 7.09. The summed E-state index contributed by atoms with van der Waals surface area (Å²) in [5.41, 5.74) is 0. The molecule has 0 saturated heterocycles. The molecule has 0 aliphatic heterocycles. The van der Waals surface area contributed by atoms with Gasteiger partial charge in [0.2, 0.25) is 5.82 Å². The summed E-state index contributed by atoms with van der Waals surface area (Å²) in [4.78, 5) is 26.6. The van der Waals surface area contributed by atoms with Crippen LogP contribution in [0.2, 0.25) is 0 Å². The summed E-state index contributed by atoms with van der Waals surface area (Å²) in [6.07, 6.45) is 4.47. The molecule has 0 saturated carbocycles. The van der Waals surface area contributed by atoms with Crippen LogP contribution in [0, 0.1) is 10.1 Å². The Morgan fingerprint density at radius 3 is 3.07 bits per heavy atom. The SMILES string of the molecule is CC(=O)SCC=Cc1ncc([N+](=O)[O-])[nH]1. The fourth-order valence-corrected chi connectivity index (χ4v) is 1.26. The summed E-state index contributed by atoms with van der Waals surface area (Å²) in [5, 5.41) is 10.3. The zero-order valence-electron chi connectivity index (χ0n) is 7.97. The van der Waals surface area contributed by atoms with Crippen molar-refractivity contribution in [1.29, 1.82) is 0 Å². The molecule has 1 aromatic rings. The van der Waals surface area contributed by atoms with Crippen LogP contribution >= 0.6 is 11.8 Å². The van der Waals surface area contributed by atoms with Crippen LogP contribution in [-0.2, 0) is 4.79 Å². The summed E-state index contributed by atoms with van der Waals surface area (Å²) in [7, 11) is 0. The fraction of sp³-hybridized carbons (Fsp3) is 0.250. The second-order valence-electron chi connectivity index (χ2n) is 2.62. The Morgan fingerprint density at radius 1 is 1.80 bits per heavy atom. The molecule has 1 N–H and O–H groups in total. The molecule has 0 aromatic carbocycles. The lowest BCUT2D eigenvalue weighted by atomic mass is 10.5. The van der Waals surface area contributed by atoms with Crippen molar-refractivity contribution in [2.45, 2.75) is 6.92 Å². The Balaban J connectivity index is 2.50. The van der Waals surface area contributed by atoms with Gasteiger partial charge in [0.1, 0.15) is 6.20 Å². The van der Waals surface area contributed by atoms with Crippen molar-refractivity contribution in [2.24, 2.45) is 0 Å². The average Bonchev–Trinajstić information content (AvgIpc) is 2.60. The molecule has 0 aliphatic rings. The number of hydrogen-bond donors (Lipinski definition) is 1. The second-order valence-corrected chi connectivity index (χ2v) is 3.81. The van der Waals surface area contributed by atoms with E-state index in [1.807, 2.05) is 0 Å². The van der Waals surface area contributed by atoms with Gasteiger partial charge in [0, 0.05) is 18.8 Å². The van der Waals surface area contributed by atoms with Gasteiger partial charge in [0.05, 0.1) is 0 Å². The Bertz CT molecular complexity index is 400. The number of nitrogens with one attached hydrogen (secondary N) is 1. The average molecular weight is 227 g/mol.